The van der Waals surface area contributed by atoms with Crippen molar-refractivity contribution in [3.63, 3.8) is 0 Å². The molecule has 1 N–H and O–H groups in total. The topological polar surface area (TPSA) is 72.5 Å². The summed E-state index contributed by atoms with van der Waals surface area (Å²) in [5.74, 6) is -1.90. The second kappa shape index (κ2) is 7.73. The van der Waals surface area contributed by atoms with E-state index in [1.807, 2.05) is 0 Å². The Morgan fingerprint density at radius 2 is 2.00 bits per heavy atom. The van der Waals surface area contributed by atoms with Crippen molar-refractivity contribution >= 4 is 34.9 Å². The van der Waals surface area contributed by atoms with Crippen LogP contribution in [0.1, 0.15) is 26.7 Å². The number of rotatable bonds is 6. The standard InChI is InChI=1S/C14H15ClFNO4/c1-8(18)3-6-13(19)21-9(2)14(20)17-12-5-4-10(16)7-11(12)15/h4-5,7,9H,3,6H2,1-2H3,(H,17,20)/t9-/m0/s1. The van der Waals surface area contributed by atoms with Crippen LogP contribution in [0.15, 0.2) is 18.2 Å². The normalized spacial score (nSPS) is 11.6. The highest BCUT2D eigenvalue weighted by Crippen LogP contribution is 2.22. The van der Waals surface area contributed by atoms with Gasteiger partial charge in [0.1, 0.15) is 11.6 Å². The third-order valence-corrected chi connectivity index (χ3v) is 2.86. The molecule has 7 heteroatoms. The molecule has 1 atom stereocenters. The van der Waals surface area contributed by atoms with Crippen LogP contribution in [-0.4, -0.2) is 23.8 Å². The number of esters is 1. The minimum Gasteiger partial charge on any atom is -0.453 e. The molecule has 1 rings (SSSR count). The largest absolute Gasteiger partial charge is 0.453 e. The number of hydrogen-bond donors (Lipinski definition) is 1. The second-order valence-electron chi connectivity index (χ2n) is 4.45. The first-order valence-corrected chi connectivity index (χ1v) is 6.62. The van der Waals surface area contributed by atoms with Crippen LogP contribution in [0.4, 0.5) is 10.1 Å². The molecule has 0 fully saturated rings. The smallest absolute Gasteiger partial charge is 0.307 e. The molecule has 0 heterocycles. The summed E-state index contributed by atoms with van der Waals surface area (Å²) in [5, 5.41) is 2.47. The van der Waals surface area contributed by atoms with Gasteiger partial charge < -0.3 is 14.8 Å². The number of anilines is 1. The summed E-state index contributed by atoms with van der Waals surface area (Å²) in [6.45, 7) is 2.75. The number of carbonyl (C=O) groups is 3. The maximum absolute atomic E-state index is 12.9. The molecule has 1 amide bonds. The van der Waals surface area contributed by atoms with Crippen molar-refractivity contribution < 1.29 is 23.5 Å². The van der Waals surface area contributed by atoms with E-state index in [9.17, 15) is 18.8 Å². The van der Waals surface area contributed by atoms with Crippen LogP contribution in [-0.2, 0) is 19.1 Å². The minimum absolute atomic E-state index is 0.0402. The number of nitrogens with one attached hydrogen (secondary N) is 1. The summed E-state index contributed by atoms with van der Waals surface area (Å²) >= 11 is 5.77. The van der Waals surface area contributed by atoms with E-state index < -0.39 is 23.8 Å². The highest BCUT2D eigenvalue weighted by atomic mass is 35.5. The highest BCUT2D eigenvalue weighted by molar-refractivity contribution is 6.33. The van der Waals surface area contributed by atoms with Crippen molar-refractivity contribution in [2.75, 3.05) is 5.32 Å². The maximum atomic E-state index is 12.9. The first-order valence-electron chi connectivity index (χ1n) is 6.24. The molecule has 0 spiro atoms. The molecule has 0 aliphatic heterocycles. The molecule has 0 aliphatic rings. The quantitative estimate of drug-likeness (QED) is 0.819. The van der Waals surface area contributed by atoms with Gasteiger partial charge in [-0.1, -0.05) is 11.6 Å². The van der Waals surface area contributed by atoms with Crippen LogP contribution in [0.3, 0.4) is 0 Å². The number of hydrogen-bond acceptors (Lipinski definition) is 4. The molecule has 114 valence electrons. The van der Waals surface area contributed by atoms with E-state index in [4.69, 9.17) is 16.3 Å². The van der Waals surface area contributed by atoms with Crippen LogP contribution in [0.2, 0.25) is 5.02 Å². The van der Waals surface area contributed by atoms with Crippen LogP contribution < -0.4 is 5.32 Å². The van der Waals surface area contributed by atoms with Crippen LogP contribution >= 0.6 is 11.6 Å². The summed E-state index contributed by atoms with van der Waals surface area (Å²) in [6, 6.07) is 3.51. The average Bonchev–Trinajstić information content (AvgIpc) is 2.39. The molecule has 1 aromatic rings. The summed E-state index contributed by atoms with van der Waals surface area (Å²) in [4.78, 5) is 34.0. The van der Waals surface area contributed by atoms with Crippen molar-refractivity contribution in [2.45, 2.75) is 32.8 Å². The number of ether oxygens (including phenoxy) is 1. The lowest BCUT2D eigenvalue weighted by Crippen LogP contribution is -2.30. The molecule has 5 nitrogen and oxygen atoms in total. The number of Topliss-reactive ketones (excluding diaryl/α,β-unsaturated/α-hetero) is 1. The van der Waals surface area contributed by atoms with Gasteiger partial charge in [0, 0.05) is 6.42 Å². The molecule has 1 aromatic carbocycles. The fourth-order valence-electron chi connectivity index (χ4n) is 1.41. The van der Waals surface area contributed by atoms with E-state index >= 15 is 0 Å². The Morgan fingerprint density at radius 3 is 2.57 bits per heavy atom. The van der Waals surface area contributed by atoms with E-state index in [1.165, 1.54) is 19.9 Å². The molecular formula is C14H15ClFNO4. The monoisotopic (exact) mass is 315 g/mol. The molecule has 21 heavy (non-hydrogen) atoms. The Balaban J connectivity index is 2.54. The number of benzene rings is 1. The van der Waals surface area contributed by atoms with Crippen molar-refractivity contribution in [2.24, 2.45) is 0 Å². The third kappa shape index (κ3) is 5.91. The summed E-state index contributed by atoms with van der Waals surface area (Å²) < 4.78 is 17.7. The van der Waals surface area contributed by atoms with E-state index in [0.717, 1.165) is 12.1 Å². The molecule has 0 bridgehead atoms. The molecular weight excluding hydrogens is 301 g/mol. The van der Waals surface area contributed by atoms with E-state index in [-0.39, 0.29) is 29.3 Å². The third-order valence-electron chi connectivity index (χ3n) is 2.55. The van der Waals surface area contributed by atoms with Gasteiger partial charge in [-0.05, 0) is 32.0 Å². The first kappa shape index (κ1) is 17.1. The Bertz CT molecular complexity index is 562. The van der Waals surface area contributed by atoms with Gasteiger partial charge in [-0.2, -0.15) is 0 Å². The maximum Gasteiger partial charge on any atom is 0.307 e. The number of ketones is 1. The lowest BCUT2D eigenvalue weighted by atomic mass is 10.2. The fraction of sp³-hybridized carbons (Fsp3) is 0.357. The van der Waals surface area contributed by atoms with Gasteiger partial charge in [-0.25, -0.2) is 4.39 Å². The minimum atomic E-state index is -1.05. The van der Waals surface area contributed by atoms with Crippen molar-refractivity contribution in [3.05, 3.63) is 29.0 Å². The molecule has 0 radical (unpaired) electrons. The SMILES string of the molecule is CC(=O)CCC(=O)O[C@@H](C)C(=O)Nc1ccc(F)cc1Cl. The molecule has 0 aliphatic carbocycles. The van der Waals surface area contributed by atoms with Crippen LogP contribution in [0.5, 0.6) is 0 Å². The van der Waals surface area contributed by atoms with E-state index in [1.54, 1.807) is 0 Å². The zero-order chi connectivity index (χ0) is 16.0. The zero-order valence-electron chi connectivity index (χ0n) is 11.6. The lowest BCUT2D eigenvalue weighted by Gasteiger charge is -2.14. The summed E-state index contributed by atoms with van der Waals surface area (Å²) in [5.41, 5.74) is 0.217. The molecule has 0 aromatic heterocycles. The van der Waals surface area contributed by atoms with Crippen LogP contribution in [0, 0.1) is 5.82 Å². The first-order chi connectivity index (χ1) is 9.79. The van der Waals surface area contributed by atoms with Gasteiger partial charge in [-0.15, -0.1) is 0 Å². The van der Waals surface area contributed by atoms with Crippen molar-refractivity contribution in [3.8, 4) is 0 Å². The second-order valence-corrected chi connectivity index (χ2v) is 4.85. The number of halogens is 2. The zero-order valence-corrected chi connectivity index (χ0v) is 12.4. The van der Waals surface area contributed by atoms with Crippen LogP contribution in [0.25, 0.3) is 0 Å². The van der Waals surface area contributed by atoms with Gasteiger partial charge in [0.2, 0.25) is 0 Å². The predicted molar refractivity (Wildman–Crippen MR) is 75.5 cm³/mol. The van der Waals surface area contributed by atoms with Crippen molar-refractivity contribution in [1.29, 1.82) is 0 Å². The molecule has 0 unspecified atom stereocenters. The highest BCUT2D eigenvalue weighted by Gasteiger charge is 2.19. The average molecular weight is 316 g/mol. The van der Waals surface area contributed by atoms with E-state index in [2.05, 4.69) is 5.32 Å². The number of carbonyl (C=O) groups excluding carboxylic acids is 3. The Kier molecular flexibility index (Phi) is 6.30. The van der Waals surface area contributed by atoms with Gasteiger partial charge in [0.15, 0.2) is 6.10 Å². The molecule has 0 saturated heterocycles. The Labute approximate surface area is 126 Å². The number of amides is 1. The van der Waals surface area contributed by atoms with Crippen molar-refractivity contribution in [1.82, 2.24) is 0 Å². The Hall–Kier alpha value is -1.95. The van der Waals surface area contributed by atoms with Gasteiger partial charge in [0.25, 0.3) is 5.91 Å². The van der Waals surface area contributed by atoms with Gasteiger partial charge >= 0.3 is 5.97 Å². The van der Waals surface area contributed by atoms with Gasteiger partial charge in [-0.3, -0.25) is 9.59 Å². The van der Waals surface area contributed by atoms with E-state index in [0.29, 0.717) is 0 Å². The Morgan fingerprint density at radius 1 is 1.33 bits per heavy atom. The van der Waals surface area contributed by atoms with Gasteiger partial charge in [0.05, 0.1) is 17.1 Å². The molecule has 0 saturated carbocycles. The summed E-state index contributed by atoms with van der Waals surface area (Å²) in [6.07, 6.45) is -1.06. The summed E-state index contributed by atoms with van der Waals surface area (Å²) in [7, 11) is 0. The predicted octanol–water partition coefficient (Wildman–Crippen LogP) is 2.72. The fourth-order valence-corrected chi connectivity index (χ4v) is 1.63. The lowest BCUT2D eigenvalue weighted by molar-refractivity contribution is -0.153.